The Morgan fingerprint density at radius 2 is 2.09 bits per heavy atom. The van der Waals surface area contributed by atoms with Gasteiger partial charge in [0, 0.05) is 19.3 Å². The Bertz CT molecular complexity index is 854. The van der Waals surface area contributed by atoms with E-state index in [-0.39, 0.29) is 23.1 Å². The molecule has 1 fully saturated rings. The van der Waals surface area contributed by atoms with E-state index in [1.165, 1.54) is 6.20 Å². The van der Waals surface area contributed by atoms with E-state index in [2.05, 4.69) is 19.9 Å². The van der Waals surface area contributed by atoms with Gasteiger partial charge in [-0.25, -0.2) is 9.97 Å². The SMILES string of the molecule is O=C(c1c[nH]c(=O)cn1)N1CC(c2nc3ccccc3[nH]2)C1. The van der Waals surface area contributed by atoms with Gasteiger partial charge in [-0.2, -0.15) is 0 Å². The summed E-state index contributed by atoms with van der Waals surface area (Å²) in [5.74, 6) is 0.933. The molecule has 0 aliphatic carbocycles. The number of fused-ring (bicyclic) bond motifs is 1. The highest BCUT2D eigenvalue weighted by atomic mass is 16.2. The van der Waals surface area contributed by atoms with E-state index >= 15 is 0 Å². The molecular formula is C15H13N5O2. The zero-order valence-corrected chi connectivity index (χ0v) is 11.6. The van der Waals surface area contributed by atoms with E-state index in [4.69, 9.17) is 0 Å². The number of hydrogen-bond acceptors (Lipinski definition) is 4. The molecule has 1 aliphatic heterocycles. The number of carbonyl (C=O) groups is 1. The molecule has 3 aromatic rings. The maximum absolute atomic E-state index is 12.2. The fourth-order valence-electron chi connectivity index (χ4n) is 2.60. The highest BCUT2D eigenvalue weighted by molar-refractivity contribution is 5.92. The van der Waals surface area contributed by atoms with Crippen molar-refractivity contribution in [3.05, 3.63) is 58.5 Å². The minimum absolute atomic E-state index is 0.177. The predicted octanol–water partition coefficient (Wildman–Crippen LogP) is 0.886. The van der Waals surface area contributed by atoms with Crippen molar-refractivity contribution >= 4 is 16.9 Å². The van der Waals surface area contributed by atoms with Crippen LogP contribution in [0.1, 0.15) is 22.2 Å². The molecule has 0 radical (unpaired) electrons. The van der Waals surface area contributed by atoms with Crippen LogP contribution in [0.25, 0.3) is 11.0 Å². The molecule has 22 heavy (non-hydrogen) atoms. The zero-order valence-electron chi connectivity index (χ0n) is 11.6. The van der Waals surface area contributed by atoms with Crippen LogP contribution in [0.3, 0.4) is 0 Å². The molecule has 3 heterocycles. The summed E-state index contributed by atoms with van der Waals surface area (Å²) < 4.78 is 0. The summed E-state index contributed by atoms with van der Waals surface area (Å²) in [6.07, 6.45) is 2.46. The molecule has 2 aromatic heterocycles. The molecule has 2 N–H and O–H groups in total. The lowest BCUT2D eigenvalue weighted by Gasteiger charge is -2.37. The molecule has 1 aliphatic rings. The fourth-order valence-corrected chi connectivity index (χ4v) is 2.60. The zero-order chi connectivity index (χ0) is 15.1. The van der Waals surface area contributed by atoms with Crippen molar-refractivity contribution in [2.45, 2.75) is 5.92 Å². The smallest absolute Gasteiger partial charge is 0.274 e. The van der Waals surface area contributed by atoms with Crippen molar-refractivity contribution in [1.29, 1.82) is 0 Å². The van der Waals surface area contributed by atoms with Gasteiger partial charge < -0.3 is 14.9 Å². The first kappa shape index (κ1) is 12.8. The maximum atomic E-state index is 12.2. The first-order chi connectivity index (χ1) is 10.7. The van der Waals surface area contributed by atoms with Crippen LogP contribution in [0.15, 0.2) is 41.5 Å². The largest absolute Gasteiger partial charge is 0.342 e. The Kier molecular flexibility index (Phi) is 2.78. The molecule has 7 heteroatoms. The molecule has 7 nitrogen and oxygen atoms in total. The number of benzene rings is 1. The number of imidazole rings is 1. The van der Waals surface area contributed by atoms with Crippen LogP contribution in [0.4, 0.5) is 0 Å². The Labute approximate surface area is 125 Å². The monoisotopic (exact) mass is 295 g/mol. The summed E-state index contributed by atoms with van der Waals surface area (Å²) in [6, 6.07) is 7.85. The molecule has 1 aromatic carbocycles. The van der Waals surface area contributed by atoms with Crippen LogP contribution in [0.2, 0.25) is 0 Å². The van der Waals surface area contributed by atoms with Crippen LogP contribution < -0.4 is 5.56 Å². The van der Waals surface area contributed by atoms with Gasteiger partial charge >= 0.3 is 0 Å². The lowest BCUT2D eigenvalue weighted by Crippen LogP contribution is -2.49. The van der Waals surface area contributed by atoms with Gasteiger partial charge in [0.15, 0.2) is 0 Å². The standard InChI is InChI=1S/C15H13N5O2/c21-13-6-16-12(5-17-13)15(22)20-7-9(8-20)14-18-10-3-1-2-4-11(10)19-14/h1-6,9H,7-8H2,(H,17,21)(H,18,19). The molecule has 0 unspecified atom stereocenters. The van der Waals surface area contributed by atoms with Crippen LogP contribution >= 0.6 is 0 Å². The van der Waals surface area contributed by atoms with E-state index < -0.39 is 0 Å². The highest BCUT2D eigenvalue weighted by Gasteiger charge is 2.34. The van der Waals surface area contributed by atoms with E-state index in [1.807, 2.05) is 24.3 Å². The lowest BCUT2D eigenvalue weighted by atomic mass is 9.99. The minimum atomic E-state index is -0.319. The van der Waals surface area contributed by atoms with Crippen LogP contribution in [0, 0.1) is 0 Å². The number of rotatable bonds is 2. The quantitative estimate of drug-likeness (QED) is 0.734. The fraction of sp³-hybridized carbons (Fsp3) is 0.200. The molecule has 0 saturated carbocycles. The first-order valence-electron chi connectivity index (χ1n) is 6.99. The number of para-hydroxylation sites is 2. The minimum Gasteiger partial charge on any atom is -0.342 e. The summed E-state index contributed by atoms with van der Waals surface area (Å²) in [6.45, 7) is 1.19. The van der Waals surface area contributed by atoms with E-state index in [0.717, 1.165) is 23.1 Å². The Balaban J connectivity index is 1.48. The predicted molar refractivity (Wildman–Crippen MR) is 79.6 cm³/mol. The third-order valence-corrected chi connectivity index (χ3v) is 3.85. The van der Waals surface area contributed by atoms with E-state index in [0.29, 0.717) is 13.1 Å². The number of nitrogens with one attached hydrogen (secondary N) is 2. The second-order valence-electron chi connectivity index (χ2n) is 5.34. The number of aromatic nitrogens is 4. The third kappa shape index (κ3) is 2.07. The van der Waals surface area contributed by atoms with Gasteiger partial charge in [-0.1, -0.05) is 12.1 Å². The molecule has 0 bridgehead atoms. The first-order valence-corrected chi connectivity index (χ1v) is 6.99. The average molecular weight is 295 g/mol. The number of amides is 1. The van der Waals surface area contributed by atoms with E-state index in [9.17, 15) is 9.59 Å². The summed E-state index contributed by atoms with van der Waals surface area (Å²) in [5.41, 5.74) is 1.87. The molecule has 1 amide bonds. The lowest BCUT2D eigenvalue weighted by molar-refractivity contribution is 0.0589. The van der Waals surface area contributed by atoms with Crippen LogP contribution in [-0.2, 0) is 0 Å². The van der Waals surface area contributed by atoms with Crippen LogP contribution in [-0.4, -0.2) is 43.8 Å². The average Bonchev–Trinajstić information content (AvgIpc) is 2.89. The highest BCUT2D eigenvalue weighted by Crippen LogP contribution is 2.27. The Morgan fingerprint density at radius 3 is 2.82 bits per heavy atom. The second kappa shape index (κ2) is 4.80. The van der Waals surface area contributed by atoms with Crippen molar-refractivity contribution in [2.75, 3.05) is 13.1 Å². The van der Waals surface area contributed by atoms with Gasteiger partial charge in [0.2, 0.25) is 0 Å². The number of hydrogen-bond donors (Lipinski definition) is 2. The molecule has 0 spiro atoms. The molecule has 4 rings (SSSR count). The van der Waals surface area contributed by atoms with Gasteiger partial charge in [0.05, 0.1) is 23.1 Å². The third-order valence-electron chi connectivity index (χ3n) is 3.85. The van der Waals surface area contributed by atoms with E-state index in [1.54, 1.807) is 4.90 Å². The number of likely N-dealkylation sites (tertiary alicyclic amines) is 1. The van der Waals surface area contributed by atoms with Crippen molar-refractivity contribution in [1.82, 2.24) is 24.8 Å². The topological polar surface area (TPSA) is 94.7 Å². The number of carbonyl (C=O) groups excluding carboxylic acids is 1. The molecule has 0 atom stereocenters. The van der Waals surface area contributed by atoms with Crippen molar-refractivity contribution in [3.8, 4) is 0 Å². The van der Waals surface area contributed by atoms with Crippen molar-refractivity contribution < 1.29 is 4.79 Å². The summed E-state index contributed by atoms with van der Waals surface area (Å²) in [5, 5.41) is 0. The molecule has 1 saturated heterocycles. The summed E-state index contributed by atoms with van der Waals surface area (Å²) in [7, 11) is 0. The van der Waals surface area contributed by atoms with Gasteiger partial charge in [0.1, 0.15) is 11.5 Å². The summed E-state index contributed by atoms with van der Waals surface area (Å²) in [4.78, 5) is 39.0. The number of H-pyrrole nitrogens is 2. The normalized spacial score (nSPS) is 15.0. The van der Waals surface area contributed by atoms with Gasteiger partial charge in [-0.05, 0) is 12.1 Å². The van der Waals surface area contributed by atoms with Gasteiger partial charge in [-0.15, -0.1) is 0 Å². The Morgan fingerprint density at radius 1 is 1.27 bits per heavy atom. The second-order valence-corrected chi connectivity index (χ2v) is 5.34. The molecular weight excluding hydrogens is 282 g/mol. The Hall–Kier alpha value is -2.96. The van der Waals surface area contributed by atoms with Crippen molar-refractivity contribution in [2.24, 2.45) is 0 Å². The number of aromatic amines is 2. The maximum Gasteiger partial charge on any atom is 0.274 e. The van der Waals surface area contributed by atoms with Crippen molar-refractivity contribution in [3.63, 3.8) is 0 Å². The molecule has 110 valence electrons. The van der Waals surface area contributed by atoms with Gasteiger partial charge in [0.25, 0.3) is 11.5 Å². The van der Waals surface area contributed by atoms with Gasteiger partial charge in [-0.3, -0.25) is 9.59 Å². The summed E-state index contributed by atoms with van der Waals surface area (Å²) >= 11 is 0. The van der Waals surface area contributed by atoms with Crippen LogP contribution in [0.5, 0.6) is 0 Å². The number of nitrogens with zero attached hydrogens (tertiary/aromatic N) is 3.